The van der Waals surface area contributed by atoms with Gasteiger partial charge in [-0.1, -0.05) is 37.1 Å². The van der Waals surface area contributed by atoms with Crippen molar-refractivity contribution in [2.75, 3.05) is 13.2 Å². The first-order valence-electron chi connectivity index (χ1n) is 14.1. The van der Waals surface area contributed by atoms with Crippen molar-refractivity contribution in [1.29, 1.82) is 0 Å². The first-order valence-corrected chi connectivity index (χ1v) is 14.1. The van der Waals surface area contributed by atoms with E-state index in [-0.39, 0.29) is 17.8 Å². The molecule has 1 saturated heterocycles. The Morgan fingerprint density at radius 1 is 0.914 bits per heavy atom. The van der Waals surface area contributed by atoms with Gasteiger partial charge in [-0.15, -0.1) is 6.58 Å². The zero-order valence-electron chi connectivity index (χ0n) is 21.5. The Hall–Kier alpha value is -1.68. The summed E-state index contributed by atoms with van der Waals surface area (Å²) in [5.74, 6) is 1.67. The average molecular weight is 487 g/mol. The normalized spacial score (nSPS) is 32.0. The van der Waals surface area contributed by atoms with Crippen molar-refractivity contribution in [2.45, 2.75) is 96.0 Å². The summed E-state index contributed by atoms with van der Waals surface area (Å²) in [5.41, 5.74) is 0.404. The van der Waals surface area contributed by atoms with Crippen LogP contribution in [0.1, 0.15) is 95.5 Å². The fourth-order valence-electron chi connectivity index (χ4n) is 6.69. The van der Waals surface area contributed by atoms with Gasteiger partial charge >= 0.3 is 0 Å². The van der Waals surface area contributed by atoms with E-state index in [2.05, 4.69) is 24.8 Å². The minimum Gasteiger partial charge on any atom is -0.491 e. The molecule has 1 heterocycles. The smallest absolute Gasteiger partial charge is 0.200 e. The summed E-state index contributed by atoms with van der Waals surface area (Å²) in [6, 6.07) is 3.19. The van der Waals surface area contributed by atoms with Gasteiger partial charge in [0, 0.05) is 5.92 Å². The highest BCUT2D eigenvalue weighted by atomic mass is 19.2. The third kappa shape index (κ3) is 6.96. The number of allylic oxidation sites excluding steroid dienone is 2. The summed E-state index contributed by atoms with van der Waals surface area (Å²) in [6.45, 7) is 6.38. The van der Waals surface area contributed by atoms with Crippen molar-refractivity contribution < 1.29 is 18.3 Å². The third-order valence-electron chi connectivity index (χ3n) is 8.88. The molecule has 3 fully saturated rings. The maximum absolute atomic E-state index is 14.6. The highest BCUT2D eigenvalue weighted by Crippen LogP contribution is 2.42. The second-order valence-electron chi connectivity index (χ2n) is 11.1. The monoisotopic (exact) mass is 486 g/mol. The standard InChI is InChI=1S/C31H44F2O2/c1-3-5-6-22-7-12-24(13-8-22)25-14-9-23(10-15-25)11-17-27-18-16-26(21-35-27)28-19-20-29(34-4-2)31(33)30(28)32/h3,11,17,19-20,22-27H,1,4-10,12-16,18,21H2,2H3/b17-11+. The van der Waals surface area contributed by atoms with E-state index < -0.39 is 11.6 Å². The fourth-order valence-corrected chi connectivity index (χ4v) is 6.69. The van der Waals surface area contributed by atoms with Crippen LogP contribution in [-0.2, 0) is 4.74 Å². The second kappa shape index (κ2) is 13.0. The van der Waals surface area contributed by atoms with Crippen LogP contribution in [-0.4, -0.2) is 19.3 Å². The minimum atomic E-state index is -0.886. The lowest BCUT2D eigenvalue weighted by molar-refractivity contribution is 0.0313. The Bertz CT molecular complexity index is 827. The zero-order valence-corrected chi connectivity index (χ0v) is 21.5. The van der Waals surface area contributed by atoms with Crippen LogP contribution in [0, 0.1) is 35.3 Å². The lowest BCUT2D eigenvalue weighted by Crippen LogP contribution is -2.26. The predicted molar refractivity (Wildman–Crippen MR) is 139 cm³/mol. The molecule has 194 valence electrons. The summed E-state index contributed by atoms with van der Waals surface area (Å²) >= 11 is 0. The van der Waals surface area contributed by atoms with Gasteiger partial charge < -0.3 is 9.47 Å². The van der Waals surface area contributed by atoms with Gasteiger partial charge in [-0.05, 0) is 106 Å². The van der Waals surface area contributed by atoms with Crippen molar-refractivity contribution in [1.82, 2.24) is 0 Å². The van der Waals surface area contributed by atoms with E-state index in [4.69, 9.17) is 9.47 Å². The van der Waals surface area contributed by atoms with Crippen molar-refractivity contribution in [2.24, 2.45) is 23.7 Å². The molecule has 1 aromatic carbocycles. The van der Waals surface area contributed by atoms with Crippen LogP contribution in [0.4, 0.5) is 8.78 Å². The summed E-state index contributed by atoms with van der Waals surface area (Å²) < 4.78 is 40.0. The Balaban J connectivity index is 1.18. The van der Waals surface area contributed by atoms with E-state index in [1.54, 1.807) is 13.0 Å². The average Bonchev–Trinajstić information content (AvgIpc) is 2.90. The first-order chi connectivity index (χ1) is 17.1. The lowest BCUT2D eigenvalue weighted by Gasteiger charge is -2.37. The number of rotatable bonds is 9. The quantitative estimate of drug-likeness (QED) is 0.325. The molecule has 0 spiro atoms. The molecule has 35 heavy (non-hydrogen) atoms. The molecule has 2 saturated carbocycles. The van der Waals surface area contributed by atoms with Gasteiger partial charge in [-0.3, -0.25) is 0 Å². The molecule has 2 aliphatic carbocycles. The van der Waals surface area contributed by atoms with Crippen molar-refractivity contribution >= 4 is 0 Å². The molecule has 2 unspecified atom stereocenters. The number of ether oxygens (including phenoxy) is 2. The third-order valence-corrected chi connectivity index (χ3v) is 8.88. The molecule has 3 aliphatic rings. The summed E-state index contributed by atoms with van der Waals surface area (Å²) in [7, 11) is 0. The molecule has 1 aliphatic heterocycles. The minimum absolute atomic E-state index is 0.0165. The SMILES string of the molecule is C=CCCC1CCC(C2CCC(/C=C/C3CCC(c4ccc(OCC)c(F)c4F)CO3)CC2)CC1. The predicted octanol–water partition coefficient (Wildman–Crippen LogP) is 8.76. The van der Waals surface area contributed by atoms with Crippen molar-refractivity contribution in [3.05, 3.63) is 54.1 Å². The lowest BCUT2D eigenvalue weighted by atomic mass is 9.68. The Morgan fingerprint density at radius 3 is 2.26 bits per heavy atom. The molecule has 0 amide bonds. The summed E-state index contributed by atoms with van der Waals surface area (Å²) in [4.78, 5) is 0. The fraction of sp³-hybridized carbons (Fsp3) is 0.677. The Labute approximate surface area is 211 Å². The molecule has 0 N–H and O–H groups in total. The summed E-state index contributed by atoms with van der Waals surface area (Å²) in [6.07, 6.45) is 22.0. The highest BCUT2D eigenvalue weighted by molar-refractivity contribution is 5.33. The Morgan fingerprint density at radius 2 is 1.63 bits per heavy atom. The first kappa shape index (κ1) is 26.4. The zero-order chi connectivity index (χ0) is 24.6. The van der Waals surface area contributed by atoms with Gasteiger partial charge in [0.2, 0.25) is 5.82 Å². The maximum atomic E-state index is 14.6. The topological polar surface area (TPSA) is 18.5 Å². The van der Waals surface area contributed by atoms with E-state index in [1.807, 2.05) is 0 Å². The van der Waals surface area contributed by atoms with Crippen LogP contribution in [0.2, 0.25) is 0 Å². The van der Waals surface area contributed by atoms with Crippen LogP contribution in [0.5, 0.6) is 5.75 Å². The van der Waals surface area contributed by atoms with E-state index in [0.717, 1.165) is 30.6 Å². The van der Waals surface area contributed by atoms with E-state index >= 15 is 0 Å². The number of halogens is 2. The summed E-state index contributed by atoms with van der Waals surface area (Å²) in [5, 5.41) is 0. The van der Waals surface area contributed by atoms with Crippen molar-refractivity contribution in [3.8, 4) is 5.75 Å². The molecule has 0 aromatic heterocycles. The second-order valence-corrected chi connectivity index (χ2v) is 11.1. The number of hydrogen-bond donors (Lipinski definition) is 0. The molecule has 4 rings (SSSR count). The van der Waals surface area contributed by atoms with Crippen LogP contribution < -0.4 is 4.74 Å². The molecular weight excluding hydrogens is 442 g/mol. The number of benzene rings is 1. The van der Waals surface area contributed by atoms with Gasteiger partial charge in [-0.25, -0.2) is 4.39 Å². The van der Waals surface area contributed by atoms with Gasteiger partial charge in [0.15, 0.2) is 11.6 Å². The highest BCUT2D eigenvalue weighted by Gasteiger charge is 2.31. The molecule has 2 atom stereocenters. The van der Waals surface area contributed by atoms with Gasteiger partial charge in [0.25, 0.3) is 0 Å². The van der Waals surface area contributed by atoms with Gasteiger partial charge in [0.1, 0.15) is 0 Å². The van der Waals surface area contributed by atoms with Gasteiger partial charge in [0.05, 0.1) is 19.3 Å². The number of hydrogen-bond acceptors (Lipinski definition) is 2. The van der Waals surface area contributed by atoms with Crippen LogP contribution >= 0.6 is 0 Å². The van der Waals surface area contributed by atoms with E-state index in [9.17, 15) is 8.78 Å². The molecule has 2 nitrogen and oxygen atoms in total. The van der Waals surface area contributed by atoms with Crippen molar-refractivity contribution in [3.63, 3.8) is 0 Å². The molecule has 0 radical (unpaired) electrons. The molecular formula is C31H44F2O2. The van der Waals surface area contributed by atoms with Gasteiger partial charge in [-0.2, -0.15) is 4.39 Å². The van der Waals surface area contributed by atoms with Crippen LogP contribution in [0.25, 0.3) is 0 Å². The Kier molecular flexibility index (Phi) is 9.83. The largest absolute Gasteiger partial charge is 0.491 e. The van der Waals surface area contributed by atoms with Crippen LogP contribution in [0.15, 0.2) is 36.9 Å². The molecule has 4 heteroatoms. The van der Waals surface area contributed by atoms with Crippen LogP contribution in [0.3, 0.4) is 0 Å². The maximum Gasteiger partial charge on any atom is 0.200 e. The molecule has 1 aromatic rings. The van der Waals surface area contributed by atoms with E-state index in [0.29, 0.717) is 24.7 Å². The van der Waals surface area contributed by atoms with E-state index in [1.165, 1.54) is 70.3 Å². The molecule has 0 bridgehead atoms.